The fourth-order valence-electron chi connectivity index (χ4n) is 4.24. The Morgan fingerprint density at radius 3 is 2.41 bits per heavy atom. The summed E-state index contributed by atoms with van der Waals surface area (Å²) in [5, 5.41) is 0.831. The van der Waals surface area contributed by atoms with E-state index >= 15 is 0 Å². The largest absolute Gasteiger partial charge is 0.489 e. The zero-order chi connectivity index (χ0) is 24.3. The summed E-state index contributed by atoms with van der Waals surface area (Å²) in [5.74, 6) is 0.542. The van der Waals surface area contributed by atoms with Crippen LogP contribution in [0, 0.1) is 0 Å². The third-order valence-electron chi connectivity index (χ3n) is 5.90. The van der Waals surface area contributed by atoms with E-state index in [4.69, 9.17) is 4.74 Å². The van der Waals surface area contributed by atoms with Gasteiger partial charge in [0.25, 0.3) is 5.91 Å². The van der Waals surface area contributed by atoms with Gasteiger partial charge in [-0.1, -0.05) is 30.9 Å². The molecule has 0 saturated carbocycles. The molecule has 1 aliphatic rings. The second kappa shape index (κ2) is 9.67. The Bertz CT molecular complexity index is 1210. The number of rotatable bonds is 7. The summed E-state index contributed by atoms with van der Waals surface area (Å²) in [4.78, 5) is 17.1. The third-order valence-corrected chi connectivity index (χ3v) is 5.90. The van der Waals surface area contributed by atoms with E-state index in [0.717, 1.165) is 23.0 Å². The van der Waals surface area contributed by atoms with Crippen LogP contribution in [-0.4, -0.2) is 48.2 Å². The second-order valence-corrected chi connectivity index (χ2v) is 8.04. The summed E-state index contributed by atoms with van der Waals surface area (Å²) < 4.78 is 46.9. The van der Waals surface area contributed by atoms with E-state index in [9.17, 15) is 18.0 Å². The van der Waals surface area contributed by atoms with E-state index in [1.54, 1.807) is 23.1 Å². The van der Waals surface area contributed by atoms with Crippen LogP contribution in [0.5, 0.6) is 5.75 Å². The smallest absolute Gasteiger partial charge is 0.416 e. The summed E-state index contributed by atoms with van der Waals surface area (Å²) in [5.41, 5.74) is 1.23. The number of ether oxygens (including phenoxy) is 1. The molecule has 0 spiro atoms. The lowest BCUT2D eigenvalue weighted by atomic mass is 10.1. The molecule has 1 amide bonds. The molecule has 0 N–H and O–H groups in total. The Morgan fingerprint density at radius 1 is 1.00 bits per heavy atom. The monoisotopic (exact) mass is 469 g/mol. The quantitative estimate of drug-likeness (QED) is 0.437. The number of anilines is 1. The number of amides is 1. The highest BCUT2D eigenvalue weighted by Crippen LogP contribution is 2.33. The van der Waals surface area contributed by atoms with Crippen molar-refractivity contribution in [3.05, 3.63) is 85.1 Å². The normalized spacial score (nSPS) is 14.3. The average molecular weight is 470 g/mol. The van der Waals surface area contributed by atoms with E-state index in [2.05, 4.69) is 13.2 Å². The first kappa shape index (κ1) is 23.5. The lowest BCUT2D eigenvalue weighted by Gasteiger charge is -2.36. The van der Waals surface area contributed by atoms with Gasteiger partial charge in [-0.2, -0.15) is 13.2 Å². The number of carbonyl (C=O) groups excluding carboxylic acids is 1. The molecule has 0 atom stereocenters. The van der Waals surface area contributed by atoms with Crippen molar-refractivity contribution in [2.75, 3.05) is 37.7 Å². The lowest BCUT2D eigenvalue weighted by molar-refractivity contribution is -0.137. The van der Waals surface area contributed by atoms with Gasteiger partial charge in [0.05, 0.1) is 11.1 Å². The molecule has 178 valence electrons. The molecule has 8 heteroatoms. The lowest BCUT2D eigenvalue weighted by Crippen LogP contribution is -2.49. The first-order chi connectivity index (χ1) is 16.3. The van der Waals surface area contributed by atoms with Crippen LogP contribution in [0.1, 0.15) is 16.1 Å². The van der Waals surface area contributed by atoms with Crippen molar-refractivity contribution in [2.24, 2.45) is 0 Å². The fraction of sp³-hybridized carbons (Fsp3) is 0.269. The highest BCUT2D eigenvalue weighted by atomic mass is 19.4. The van der Waals surface area contributed by atoms with E-state index in [1.807, 2.05) is 33.7 Å². The molecular weight excluding hydrogens is 443 g/mol. The van der Waals surface area contributed by atoms with Gasteiger partial charge in [0.15, 0.2) is 0 Å². The van der Waals surface area contributed by atoms with Crippen LogP contribution in [0.25, 0.3) is 10.9 Å². The maximum Gasteiger partial charge on any atom is 0.416 e. The Hall–Kier alpha value is -3.68. The molecule has 1 fully saturated rings. The van der Waals surface area contributed by atoms with Crippen molar-refractivity contribution in [1.29, 1.82) is 0 Å². The molecule has 0 unspecified atom stereocenters. The molecule has 2 aromatic carbocycles. The van der Waals surface area contributed by atoms with Crippen molar-refractivity contribution < 1.29 is 22.7 Å². The minimum Gasteiger partial charge on any atom is -0.489 e. The SMILES string of the molecule is C=CCOc1cccc2c1cc(C(=O)N1CCN(c3cccc(C(F)(F)F)c3)CC1)n2CC=C. The topological polar surface area (TPSA) is 37.7 Å². The highest BCUT2D eigenvalue weighted by molar-refractivity contribution is 6.00. The number of carbonyl (C=O) groups is 1. The molecule has 1 saturated heterocycles. The first-order valence-electron chi connectivity index (χ1n) is 11.0. The predicted molar refractivity (Wildman–Crippen MR) is 127 cm³/mol. The van der Waals surface area contributed by atoms with Crippen molar-refractivity contribution in [1.82, 2.24) is 9.47 Å². The van der Waals surface area contributed by atoms with Crippen LogP contribution in [0.3, 0.4) is 0 Å². The predicted octanol–water partition coefficient (Wildman–Crippen LogP) is 5.37. The van der Waals surface area contributed by atoms with Crippen molar-refractivity contribution in [3.63, 3.8) is 0 Å². The third kappa shape index (κ3) is 4.66. The van der Waals surface area contributed by atoms with Crippen LogP contribution < -0.4 is 9.64 Å². The molecule has 2 heterocycles. The van der Waals surface area contributed by atoms with Crippen LogP contribution >= 0.6 is 0 Å². The summed E-state index contributed by atoms with van der Waals surface area (Å²) in [6, 6.07) is 12.8. The summed E-state index contributed by atoms with van der Waals surface area (Å²) in [6.07, 6.45) is -0.991. The van der Waals surface area contributed by atoms with E-state index < -0.39 is 11.7 Å². The molecule has 1 aliphatic heterocycles. The van der Waals surface area contributed by atoms with Gasteiger partial charge in [-0.25, -0.2) is 0 Å². The van der Waals surface area contributed by atoms with E-state index in [-0.39, 0.29) is 5.91 Å². The maximum absolute atomic E-state index is 13.5. The van der Waals surface area contributed by atoms with Crippen LogP contribution in [0.2, 0.25) is 0 Å². The number of aromatic nitrogens is 1. The Balaban J connectivity index is 1.55. The van der Waals surface area contributed by atoms with Crippen LogP contribution in [-0.2, 0) is 12.7 Å². The number of allylic oxidation sites excluding steroid dienone is 1. The summed E-state index contributed by atoms with van der Waals surface area (Å²) in [7, 11) is 0. The molecule has 34 heavy (non-hydrogen) atoms. The van der Waals surface area contributed by atoms with Gasteiger partial charge >= 0.3 is 6.18 Å². The number of nitrogens with zero attached hydrogens (tertiary/aromatic N) is 3. The molecule has 5 nitrogen and oxygen atoms in total. The summed E-state index contributed by atoms with van der Waals surface area (Å²) >= 11 is 0. The van der Waals surface area contributed by atoms with Crippen LogP contribution in [0.15, 0.2) is 73.8 Å². The van der Waals surface area contributed by atoms with Crippen molar-refractivity contribution >= 4 is 22.5 Å². The van der Waals surface area contributed by atoms with Gasteiger partial charge in [0, 0.05) is 43.8 Å². The van der Waals surface area contributed by atoms with E-state index in [1.165, 1.54) is 6.07 Å². The number of piperazine rings is 1. The second-order valence-electron chi connectivity index (χ2n) is 8.04. The Labute approximate surface area is 196 Å². The molecule has 4 rings (SSSR count). The zero-order valence-corrected chi connectivity index (χ0v) is 18.7. The van der Waals surface area contributed by atoms with Gasteiger partial charge in [-0.3, -0.25) is 4.79 Å². The Morgan fingerprint density at radius 2 is 1.74 bits per heavy atom. The number of benzene rings is 2. The van der Waals surface area contributed by atoms with Gasteiger partial charge in [-0.15, -0.1) is 6.58 Å². The van der Waals surface area contributed by atoms with Gasteiger partial charge in [0.2, 0.25) is 0 Å². The minimum absolute atomic E-state index is 0.128. The number of fused-ring (bicyclic) bond motifs is 1. The first-order valence-corrected chi connectivity index (χ1v) is 11.0. The number of halogens is 3. The van der Waals surface area contributed by atoms with Gasteiger partial charge < -0.3 is 19.1 Å². The van der Waals surface area contributed by atoms with Crippen molar-refractivity contribution in [3.8, 4) is 5.75 Å². The molecule has 0 bridgehead atoms. The minimum atomic E-state index is -4.39. The van der Waals surface area contributed by atoms with E-state index in [0.29, 0.717) is 56.5 Å². The van der Waals surface area contributed by atoms with Gasteiger partial charge in [0.1, 0.15) is 18.1 Å². The number of hydrogen-bond acceptors (Lipinski definition) is 3. The highest BCUT2D eigenvalue weighted by Gasteiger charge is 2.31. The summed E-state index contributed by atoms with van der Waals surface area (Å²) in [6.45, 7) is 10.0. The standard InChI is InChI=1S/C26H26F3N3O2/c1-3-11-32-22-9-6-10-24(34-16-4-2)21(22)18-23(32)25(33)31-14-12-30(13-15-31)20-8-5-7-19(17-20)26(27,28)29/h3-10,17-18H,1-2,11-16H2. The van der Waals surface area contributed by atoms with Crippen LogP contribution in [0.4, 0.5) is 18.9 Å². The maximum atomic E-state index is 13.5. The Kier molecular flexibility index (Phi) is 6.68. The van der Waals surface area contributed by atoms with Crippen molar-refractivity contribution in [2.45, 2.75) is 12.7 Å². The van der Waals surface area contributed by atoms with Gasteiger partial charge in [-0.05, 0) is 36.4 Å². The number of alkyl halides is 3. The molecule has 1 aromatic heterocycles. The average Bonchev–Trinajstić information content (AvgIpc) is 3.21. The fourth-order valence-corrected chi connectivity index (χ4v) is 4.24. The molecular formula is C26H26F3N3O2. The number of hydrogen-bond donors (Lipinski definition) is 0. The molecule has 0 radical (unpaired) electrons. The zero-order valence-electron chi connectivity index (χ0n) is 18.7. The molecule has 0 aliphatic carbocycles. The molecule has 3 aromatic rings.